The van der Waals surface area contributed by atoms with Crippen molar-refractivity contribution in [1.29, 1.82) is 0 Å². The van der Waals surface area contributed by atoms with Gasteiger partial charge in [0.15, 0.2) is 0 Å². The van der Waals surface area contributed by atoms with Crippen molar-refractivity contribution in [3.8, 4) is 0 Å². The molecule has 1 N–H and O–H groups in total. The lowest BCUT2D eigenvalue weighted by Crippen LogP contribution is -2.25. The van der Waals surface area contributed by atoms with Gasteiger partial charge in [-0.3, -0.25) is 0 Å². The fourth-order valence-corrected chi connectivity index (χ4v) is 3.41. The van der Waals surface area contributed by atoms with Gasteiger partial charge in [-0.1, -0.05) is 35.9 Å². The second-order valence-corrected chi connectivity index (χ2v) is 6.47. The summed E-state index contributed by atoms with van der Waals surface area (Å²) in [5, 5.41) is 6.46. The van der Waals surface area contributed by atoms with Gasteiger partial charge < -0.3 is 10.1 Å². The SMILES string of the molecule is COCCNCC(CCc1cccs1)c1ccccc1Cl. The first kappa shape index (κ1) is 16.5. The third kappa shape index (κ3) is 5.44. The molecule has 0 aliphatic rings. The number of hydrogen-bond donors (Lipinski definition) is 1. The van der Waals surface area contributed by atoms with Gasteiger partial charge in [-0.05, 0) is 41.8 Å². The Bertz CT molecular complexity index is 515. The van der Waals surface area contributed by atoms with E-state index in [2.05, 4.69) is 35.0 Å². The second-order valence-electron chi connectivity index (χ2n) is 5.03. The normalized spacial score (nSPS) is 12.5. The predicted octanol–water partition coefficient (Wildman–Crippen LogP) is 4.35. The maximum Gasteiger partial charge on any atom is 0.0587 e. The maximum atomic E-state index is 6.37. The molecule has 0 spiro atoms. The molecule has 0 amide bonds. The third-order valence-corrected chi connectivity index (χ3v) is 4.82. The lowest BCUT2D eigenvalue weighted by atomic mass is 9.93. The van der Waals surface area contributed by atoms with Crippen LogP contribution in [0.15, 0.2) is 41.8 Å². The van der Waals surface area contributed by atoms with E-state index in [0.29, 0.717) is 5.92 Å². The maximum absolute atomic E-state index is 6.37. The Morgan fingerprint density at radius 2 is 2.10 bits per heavy atom. The highest BCUT2D eigenvalue weighted by Crippen LogP contribution is 2.28. The number of aryl methyl sites for hydroxylation is 1. The van der Waals surface area contributed by atoms with Crippen LogP contribution in [0.3, 0.4) is 0 Å². The third-order valence-electron chi connectivity index (χ3n) is 3.54. The number of thiophene rings is 1. The predicted molar refractivity (Wildman–Crippen MR) is 91.6 cm³/mol. The highest BCUT2D eigenvalue weighted by atomic mass is 35.5. The van der Waals surface area contributed by atoms with E-state index in [0.717, 1.165) is 37.6 Å². The van der Waals surface area contributed by atoms with E-state index < -0.39 is 0 Å². The summed E-state index contributed by atoms with van der Waals surface area (Å²) >= 11 is 8.19. The molecule has 1 heterocycles. The van der Waals surface area contributed by atoms with Crippen molar-refractivity contribution in [2.75, 3.05) is 26.8 Å². The number of benzene rings is 1. The van der Waals surface area contributed by atoms with E-state index in [1.807, 2.05) is 23.5 Å². The Labute approximate surface area is 136 Å². The number of nitrogens with one attached hydrogen (secondary N) is 1. The lowest BCUT2D eigenvalue weighted by molar-refractivity contribution is 0.199. The van der Waals surface area contributed by atoms with Gasteiger partial charge in [-0.25, -0.2) is 0 Å². The summed E-state index contributed by atoms with van der Waals surface area (Å²) < 4.78 is 5.09. The standard InChI is InChI=1S/C17H22ClNOS/c1-20-11-10-19-13-14(8-9-15-5-4-12-21-15)16-6-2-3-7-17(16)18/h2-7,12,14,19H,8-11,13H2,1H3. The van der Waals surface area contributed by atoms with Crippen LogP contribution in [-0.4, -0.2) is 26.8 Å². The molecule has 2 aromatic rings. The Balaban J connectivity index is 1.97. The molecule has 1 unspecified atom stereocenters. The van der Waals surface area contributed by atoms with Crippen LogP contribution in [-0.2, 0) is 11.2 Å². The summed E-state index contributed by atoms with van der Waals surface area (Å²) in [6, 6.07) is 12.5. The molecule has 21 heavy (non-hydrogen) atoms. The van der Waals surface area contributed by atoms with Crippen LogP contribution in [0.2, 0.25) is 5.02 Å². The molecule has 2 nitrogen and oxygen atoms in total. The smallest absolute Gasteiger partial charge is 0.0587 e. The summed E-state index contributed by atoms with van der Waals surface area (Å²) in [5.41, 5.74) is 1.24. The molecule has 0 fully saturated rings. The van der Waals surface area contributed by atoms with E-state index in [-0.39, 0.29) is 0 Å². The van der Waals surface area contributed by atoms with Crippen molar-refractivity contribution < 1.29 is 4.74 Å². The molecule has 0 saturated carbocycles. The van der Waals surface area contributed by atoms with Gasteiger partial charge in [0.05, 0.1) is 6.61 Å². The molecule has 1 atom stereocenters. The fraction of sp³-hybridized carbons (Fsp3) is 0.412. The molecular formula is C17H22ClNOS. The molecule has 2 rings (SSSR count). The molecule has 0 aliphatic heterocycles. The highest BCUT2D eigenvalue weighted by Gasteiger charge is 2.14. The molecule has 0 aliphatic carbocycles. The molecule has 4 heteroatoms. The molecule has 0 bridgehead atoms. The molecule has 1 aromatic carbocycles. The molecule has 0 radical (unpaired) electrons. The summed E-state index contributed by atoms with van der Waals surface area (Å²) in [4.78, 5) is 1.43. The van der Waals surface area contributed by atoms with Gasteiger partial charge in [-0.2, -0.15) is 0 Å². The second kappa shape index (κ2) is 9.21. The number of hydrogen-bond acceptors (Lipinski definition) is 3. The van der Waals surface area contributed by atoms with Gasteiger partial charge in [0.1, 0.15) is 0 Å². The summed E-state index contributed by atoms with van der Waals surface area (Å²) in [6.07, 6.45) is 2.20. The summed E-state index contributed by atoms with van der Waals surface area (Å²) in [7, 11) is 1.73. The Morgan fingerprint density at radius 3 is 2.81 bits per heavy atom. The van der Waals surface area contributed by atoms with Gasteiger partial charge >= 0.3 is 0 Å². The Hall–Kier alpha value is -0.870. The lowest BCUT2D eigenvalue weighted by Gasteiger charge is -2.19. The van der Waals surface area contributed by atoms with Crippen molar-refractivity contribution in [1.82, 2.24) is 5.32 Å². The zero-order valence-electron chi connectivity index (χ0n) is 12.3. The number of methoxy groups -OCH3 is 1. The highest BCUT2D eigenvalue weighted by molar-refractivity contribution is 7.09. The van der Waals surface area contributed by atoms with Gasteiger partial charge in [0.2, 0.25) is 0 Å². The zero-order valence-corrected chi connectivity index (χ0v) is 13.9. The van der Waals surface area contributed by atoms with Crippen LogP contribution < -0.4 is 5.32 Å². The first-order valence-electron chi connectivity index (χ1n) is 7.27. The minimum absolute atomic E-state index is 0.428. The van der Waals surface area contributed by atoms with Crippen LogP contribution in [0.1, 0.15) is 22.8 Å². The number of halogens is 1. The number of ether oxygens (including phenoxy) is 1. The zero-order chi connectivity index (χ0) is 14.9. The van der Waals surface area contributed by atoms with Crippen molar-refractivity contribution in [3.05, 3.63) is 57.2 Å². The molecule has 114 valence electrons. The van der Waals surface area contributed by atoms with Crippen LogP contribution in [0, 0.1) is 0 Å². The van der Waals surface area contributed by atoms with Crippen LogP contribution in [0.5, 0.6) is 0 Å². The Morgan fingerprint density at radius 1 is 1.24 bits per heavy atom. The molecule has 1 aromatic heterocycles. The van der Waals surface area contributed by atoms with Crippen molar-refractivity contribution in [2.24, 2.45) is 0 Å². The van der Waals surface area contributed by atoms with Gasteiger partial charge in [0.25, 0.3) is 0 Å². The summed E-state index contributed by atoms with van der Waals surface area (Å²) in [6.45, 7) is 2.54. The average Bonchev–Trinajstić information content (AvgIpc) is 3.01. The van der Waals surface area contributed by atoms with E-state index in [1.165, 1.54) is 10.4 Å². The van der Waals surface area contributed by atoms with Crippen molar-refractivity contribution in [2.45, 2.75) is 18.8 Å². The quantitative estimate of drug-likeness (QED) is 0.692. The Kier molecular flexibility index (Phi) is 7.24. The van der Waals surface area contributed by atoms with Crippen molar-refractivity contribution >= 4 is 22.9 Å². The van der Waals surface area contributed by atoms with E-state index >= 15 is 0 Å². The van der Waals surface area contributed by atoms with Gasteiger partial charge in [-0.15, -0.1) is 11.3 Å². The largest absolute Gasteiger partial charge is 0.383 e. The average molecular weight is 324 g/mol. The first-order chi connectivity index (χ1) is 10.3. The van der Waals surface area contributed by atoms with Gasteiger partial charge in [0, 0.05) is 30.1 Å². The van der Waals surface area contributed by atoms with E-state index in [9.17, 15) is 0 Å². The minimum atomic E-state index is 0.428. The summed E-state index contributed by atoms with van der Waals surface area (Å²) in [5.74, 6) is 0.428. The first-order valence-corrected chi connectivity index (χ1v) is 8.53. The van der Waals surface area contributed by atoms with Crippen molar-refractivity contribution in [3.63, 3.8) is 0 Å². The van der Waals surface area contributed by atoms with Crippen LogP contribution >= 0.6 is 22.9 Å². The minimum Gasteiger partial charge on any atom is -0.383 e. The van der Waals surface area contributed by atoms with Crippen LogP contribution in [0.25, 0.3) is 0 Å². The van der Waals surface area contributed by atoms with E-state index in [1.54, 1.807) is 7.11 Å². The monoisotopic (exact) mass is 323 g/mol. The van der Waals surface area contributed by atoms with Crippen LogP contribution in [0.4, 0.5) is 0 Å². The topological polar surface area (TPSA) is 21.3 Å². The molecular weight excluding hydrogens is 302 g/mol. The molecule has 0 saturated heterocycles. The number of rotatable bonds is 9. The van der Waals surface area contributed by atoms with E-state index in [4.69, 9.17) is 16.3 Å². The fourth-order valence-electron chi connectivity index (χ4n) is 2.40.